The number of ether oxygens (including phenoxy) is 1. The Morgan fingerprint density at radius 1 is 1.25 bits per heavy atom. The van der Waals surface area contributed by atoms with E-state index in [0.717, 1.165) is 16.2 Å². The molecule has 126 valence electrons. The van der Waals surface area contributed by atoms with Gasteiger partial charge in [0.1, 0.15) is 11.8 Å². The van der Waals surface area contributed by atoms with Crippen molar-refractivity contribution in [1.29, 1.82) is 0 Å². The topological polar surface area (TPSA) is 67.4 Å². The van der Waals surface area contributed by atoms with Crippen molar-refractivity contribution in [3.05, 3.63) is 58.3 Å². The molecule has 2 N–H and O–H groups in total. The highest BCUT2D eigenvalue weighted by Gasteiger charge is 2.13. The quantitative estimate of drug-likeness (QED) is 0.759. The van der Waals surface area contributed by atoms with Crippen molar-refractivity contribution in [2.24, 2.45) is 0 Å². The van der Waals surface area contributed by atoms with Gasteiger partial charge in [0.15, 0.2) is 0 Å². The molecule has 24 heavy (non-hydrogen) atoms. The van der Waals surface area contributed by atoms with Crippen molar-refractivity contribution in [2.45, 2.75) is 19.5 Å². The van der Waals surface area contributed by atoms with Crippen molar-refractivity contribution >= 4 is 29.2 Å². The number of amides is 2. The molecular formula is C18H20N2O3S. The highest BCUT2D eigenvalue weighted by molar-refractivity contribution is 7.09. The van der Waals surface area contributed by atoms with E-state index in [4.69, 9.17) is 4.74 Å². The molecule has 0 aliphatic heterocycles. The first-order chi connectivity index (χ1) is 11.6. The highest BCUT2D eigenvalue weighted by atomic mass is 32.1. The number of rotatable bonds is 7. The third-order valence-electron chi connectivity index (χ3n) is 3.31. The van der Waals surface area contributed by atoms with Gasteiger partial charge in [0.05, 0.1) is 13.7 Å². The molecule has 1 aromatic heterocycles. The monoisotopic (exact) mass is 344 g/mol. The average molecular weight is 344 g/mol. The average Bonchev–Trinajstić information content (AvgIpc) is 3.11. The summed E-state index contributed by atoms with van der Waals surface area (Å²) in [6.45, 7) is 2.13. The van der Waals surface area contributed by atoms with Crippen molar-refractivity contribution in [3.63, 3.8) is 0 Å². The Morgan fingerprint density at radius 3 is 2.62 bits per heavy atom. The van der Waals surface area contributed by atoms with Gasteiger partial charge in [-0.25, -0.2) is 0 Å². The molecule has 0 spiro atoms. The molecule has 1 unspecified atom stereocenters. The van der Waals surface area contributed by atoms with Crippen LogP contribution >= 0.6 is 11.3 Å². The van der Waals surface area contributed by atoms with Gasteiger partial charge in [0.25, 0.3) is 0 Å². The summed E-state index contributed by atoms with van der Waals surface area (Å²) < 4.78 is 5.08. The maximum atomic E-state index is 12.0. The number of carbonyl (C=O) groups excluding carboxylic acids is 2. The predicted molar refractivity (Wildman–Crippen MR) is 95.8 cm³/mol. The summed E-state index contributed by atoms with van der Waals surface area (Å²) in [7, 11) is 1.60. The second-order valence-corrected chi connectivity index (χ2v) is 6.17. The Morgan fingerprint density at radius 2 is 2.00 bits per heavy atom. The molecule has 6 heteroatoms. The maximum Gasteiger partial charge on any atom is 0.244 e. The summed E-state index contributed by atoms with van der Waals surface area (Å²) in [4.78, 5) is 24.9. The summed E-state index contributed by atoms with van der Waals surface area (Å²) >= 11 is 1.58. The van der Waals surface area contributed by atoms with Crippen LogP contribution in [-0.4, -0.2) is 25.0 Å². The normalized spacial score (nSPS) is 11.9. The molecular weight excluding hydrogens is 324 g/mol. The molecule has 0 fully saturated rings. The van der Waals surface area contributed by atoms with E-state index in [1.54, 1.807) is 31.4 Å². The summed E-state index contributed by atoms with van der Waals surface area (Å²) in [5, 5.41) is 7.39. The lowest BCUT2D eigenvalue weighted by atomic mass is 10.2. The number of carbonyl (C=O) groups is 2. The van der Waals surface area contributed by atoms with Gasteiger partial charge in [0, 0.05) is 11.0 Å². The first-order valence-electron chi connectivity index (χ1n) is 7.51. The molecule has 1 aromatic carbocycles. The maximum absolute atomic E-state index is 12.0. The van der Waals surface area contributed by atoms with Gasteiger partial charge in [-0.1, -0.05) is 18.2 Å². The van der Waals surface area contributed by atoms with Crippen molar-refractivity contribution in [1.82, 2.24) is 10.6 Å². The molecule has 1 heterocycles. The lowest BCUT2D eigenvalue weighted by Gasteiger charge is -2.12. The summed E-state index contributed by atoms with van der Waals surface area (Å²) in [5.41, 5.74) is 0.876. The Labute approximate surface area is 145 Å². The van der Waals surface area contributed by atoms with Crippen LogP contribution < -0.4 is 15.4 Å². The van der Waals surface area contributed by atoms with Crippen LogP contribution in [0.1, 0.15) is 17.4 Å². The van der Waals surface area contributed by atoms with E-state index in [9.17, 15) is 9.59 Å². The predicted octanol–water partition coefficient (Wildman–Crippen LogP) is 2.59. The zero-order valence-electron chi connectivity index (χ0n) is 13.6. The SMILES string of the molecule is COc1ccc(/C=C/C(=O)NC(C)C(=O)NCc2cccs2)cc1. The molecule has 2 aromatic rings. The van der Waals surface area contributed by atoms with Crippen LogP contribution in [-0.2, 0) is 16.1 Å². The molecule has 0 radical (unpaired) electrons. The second kappa shape index (κ2) is 8.88. The van der Waals surface area contributed by atoms with Crippen LogP contribution in [0.25, 0.3) is 6.08 Å². The number of methoxy groups -OCH3 is 1. The third kappa shape index (κ3) is 5.55. The Hall–Kier alpha value is -2.60. The van der Waals surface area contributed by atoms with E-state index >= 15 is 0 Å². The number of hydrogen-bond donors (Lipinski definition) is 2. The fourth-order valence-electron chi connectivity index (χ4n) is 1.95. The molecule has 0 bridgehead atoms. The summed E-state index contributed by atoms with van der Waals surface area (Å²) in [6, 6.07) is 10.6. The Kier molecular flexibility index (Phi) is 6.57. The van der Waals surface area contributed by atoms with E-state index in [1.807, 2.05) is 41.8 Å². The molecule has 0 aliphatic rings. The zero-order chi connectivity index (χ0) is 17.4. The molecule has 2 rings (SSSR count). The van der Waals surface area contributed by atoms with Gasteiger partial charge in [-0.3, -0.25) is 9.59 Å². The standard InChI is InChI=1S/C18H20N2O3S/c1-13(18(22)19-12-16-4-3-11-24-16)20-17(21)10-7-14-5-8-15(23-2)9-6-14/h3-11,13H,12H2,1-2H3,(H,19,22)(H,20,21)/b10-7+. The zero-order valence-corrected chi connectivity index (χ0v) is 14.4. The minimum absolute atomic E-state index is 0.213. The van der Waals surface area contributed by atoms with Crippen LogP contribution in [0.15, 0.2) is 47.9 Å². The molecule has 0 saturated heterocycles. The molecule has 0 saturated carbocycles. The molecule has 0 aliphatic carbocycles. The highest BCUT2D eigenvalue weighted by Crippen LogP contribution is 2.12. The van der Waals surface area contributed by atoms with Gasteiger partial charge in [-0.2, -0.15) is 0 Å². The van der Waals surface area contributed by atoms with Gasteiger partial charge >= 0.3 is 0 Å². The van der Waals surface area contributed by atoms with Gasteiger partial charge < -0.3 is 15.4 Å². The van der Waals surface area contributed by atoms with Gasteiger partial charge in [-0.05, 0) is 42.1 Å². The second-order valence-electron chi connectivity index (χ2n) is 5.13. The third-order valence-corrected chi connectivity index (χ3v) is 4.19. The van der Waals surface area contributed by atoms with E-state index < -0.39 is 6.04 Å². The van der Waals surface area contributed by atoms with Crippen LogP contribution in [0, 0.1) is 0 Å². The van der Waals surface area contributed by atoms with Crippen molar-refractivity contribution < 1.29 is 14.3 Å². The smallest absolute Gasteiger partial charge is 0.244 e. The Bertz CT molecular complexity index is 694. The fourth-order valence-corrected chi connectivity index (χ4v) is 2.60. The van der Waals surface area contributed by atoms with E-state index in [0.29, 0.717) is 6.54 Å². The number of thiophene rings is 1. The number of benzene rings is 1. The molecule has 5 nitrogen and oxygen atoms in total. The van der Waals surface area contributed by atoms with Crippen LogP contribution in [0.2, 0.25) is 0 Å². The Balaban J connectivity index is 1.79. The van der Waals surface area contributed by atoms with Gasteiger partial charge in [-0.15, -0.1) is 11.3 Å². The lowest BCUT2D eigenvalue weighted by molar-refractivity contribution is -0.126. The number of hydrogen-bond acceptors (Lipinski definition) is 4. The summed E-state index contributed by atoms with van der Waals surface area (Å²) in [5.74, 6) is 0.229. The van der Waals surface area contributed by atoms with Crippen LogP contribution in [0.3, 0.4) is 0 Å². The fraction of sp³-hybridized carbons (Fsp3) is 0.222. The largest absolute Gasteiger partial charge is 0.497 e. The van der Waals surface area contributed by atoms with E-state index in [1.165, 1.54) is 6.08 Å². The van der Waals surface area contributed by atoms with E-state index in [-0.39, 0.29) is 11.8 Å². The first-order valence-corrected chi connectivity index (χ1v) is 8.39. The van der Waals surface area contributed by atoms with Crippen LogP contribution in [0.4, 0.5) is 0 Å². The van der Waals surface area contributed by atoms with Gasteiger partial charge in [0.2, 0.25) is 11.8 Å². The van der Waals surface area contributed by atoms with Crippen molar-refractivity contribution in [2.75, 3.05) is 7.11 Å². The summed E-state index contributed by atoms with van der Waals surface area (Å²) in [6.07, 6.45) is 3.09. The minimum Gasteiger partial charge on any atom is -0.497 e. The first kappa shape index (κ1) is 17.7. The lowest BCUT2D eigenvalue weighted by Crippen LogP contribution is -2.43. The molecule has 1 atom stereocenters. The minimum atomic E-state index is -0.599. The van der Waals surface area contributed by atoms with Crippen LogP contribution in [0.5, 0.6) is 5.75 Å². The number of nitrogens with one attached hydrogen (secondary N) is 2. The van der Waals surface area contributed by atoms with Crippen molar-refractivity contribution in [3.8, 4) is 5.75 Å². The molecule has 2 amide bonds. The van der Waals surface area contributed by atoms with E-state index in [2.05, 4.69) is 10.6 Å².